The van der Waals surface area contributed by atoms with Crippen LogP contribution in [-0.2, 0) is 19.0 Å². The summed E-state index contributed by atoms with van der Waals surface area (Å²) in [5, 5.41) is 0. The molecule has 0 amide bonds. The first kappa shape index (κ1) is 18.5. The number of esters is 1. The number of ether oxygens (including phenoxy) is 3. The molecule has 1 fully saturated rings. The summed E-state index contributed by atoms with van der Waals surface area (Å²) in [6.07, 6.45) is -0.312. The summed E-state index contributed by atoms with van der Waals surface area (Å²) in [6, 6.07) is 10.0. The summed E-state index contributed by atoms with van der Waals surface area (Å²) in [5.74, 6) is -0.888. The van der Waals surface area contributed by atoms with Gasteiger partial charge in [-0.25, -0.2) is 0 Å². The van der Waals surface area contributed by atoms with E-state index in [1.165, 1.54) is 0 Å². The van der Waals surface area contributed by atoms with Crippen molar-refractivity contribution in [3.05, 3.63) is 30.3 Å². The molecule has 1 saturated heterocycles. The molecule has 1 aliphatic heterocycles. The van der Waals surface area contributed by atoms with Crippen LogP contribution >= 0.6 is 0 Å². The topological polar surface area (TPSA) is 44.8 Å². The van der Waals surface area contributed by atoms with Gasteiger partial charge >= 0.3 is 145 Å². The molecule has 0 aliphatic carbocycles. The second-order valence-corrected chi connectivity index (χ2v) is 10.5. The van der Waals surface area contributed by atoms with Crippen molar-refractivity contribution >= 4 is 25.4 Å². The third-order valence-electron chi connectivity index (χ3n) is 3.50. The molecule has 1 unspecified atom stereocenters. The van der Waals surface area contributed by atoms with Gasteiger partial charge in [0.15, 0.2) is 0 Å². The Bertz CT molecular complexity index is 550. The maximum absolute atomic E-state index is 12.9. The van der Waals surface area contributed by atoms with E-state index in [2.05, 4.69) is 0 Å². The third-order valence-corrected chi connectivity index (χ3v) is 6.36. The van der Waals surface area contributed by atoms with E-state index in [1.54, 1.807) is 0 Å². The van der Waals surface area contributed by atoms with Crippen molar-refractivity contribution < 1.29 is 19.0 Å². The Hall–Kier alpha value is -0.871. The second-order valence-electron chi connectivity index (χ2n) is 7.34. The van der Waals surface area contributed by atoms with Crippen LogP contribution in [0.1, 0.15) is 41.5 Å². The van der Waals surface area contributed by atoms with Crippen LogP contribution in [0.5, 0.6) is 0 Å². The molecule has 1 aromatic carbocycles. The van der Waals surface area contributed by atoms with Gasteiger partial charge in [0.2, 0.25) is 0 Å². The fraction of sp³-hybridized carbons (Fsp3) is 0.611. The summed E-state index contributed by atoms with van der Waals surface area (Å²) < 4.78 is 17.8. The van der Waals surface area contributed by atoms with Crippen LogP contribution in [0.3, 0.4) is 0 Å². The molecule has 2 rings (SSSR count). The molecule has 1 aromatic rings. The van der Waals surface area contributed by atoms with Gasteiger partial charge in [0, 0.05) is 0 Å². The fourth-order valence-electron chi connectivity index (χ4n) is 2.31. The summed E-state index contributed by atoms with van der Waals surface area (Å²) >= 11 is -0.134. The average molecular weight is 385 g/mol. The van der Waals surface area contributed by atoms with Crippen LogP contribution in [0.15, 0.2) is 30.3 Å². The van der Waals surface area contributed by atoms with Crippen molar-refractivity contribution in [3.8, 4) is 0 Å². The molecule has 0 N–H and O–H groups in total. The Kier molecular flexibility index (Phi) is 5.27. The molecule has 1 aliphatic rings. The number of carbonyl (C=O) groups excluding carboxylic acids is 1. The number of carbonyl (C=O) groups is 1. The number of hydrogen-bond donors (Lipinski definition) is 0. The molecule has 4 nitrogen and oxygen atoms in total. The average Bonchev–Trinajstić information content (AvgIpc) is 2.78. The number of benzene rings is 1. The predicted molar refractivity (Wildman–Crippen MR) is 90.9 cm³/mol. The molecule has 0 radical (unpaired) electrons. The van der Waals surface area contributed by atoms with Crippen LogP contribution in [-0.4, -0.2) is 45.0 Å². The van der Waals surface area contributed by atoms with Gasteiger partial charge in [0.05, 0.1) is 0 Å². The molecule has 5 heteroatoms. The minimum atomic E-state index is -0.741. The van der Waals surface area contributed by atoms with Gasteiger partial charge in [-0.05, 0) is 0 Å². The van der Waals surface area contributed by atoms with E-state index in [1.807, 2.05) is 71.9 Å². The molecule has 23 heavy (non-hydrogen) atoms. The van der Waals surface area contributed by atoms with Gasteiger partial charge in [0.25, 0.3) is 0 Å². The zero-order chi connectivity index (χ0) is 17.3. The van der Waals surface area contributed by atoms with Gasteiger partial charge in [-0.1, -0.05) is 0 Å². The molecule has 0 bridgehead atoms. The maximum atomic E-state index is 12.9. The molecule has 1 heterocycles. The first-order valence-electron chi connectivity index (χ1n) is 7.81. The van der Waals surface area contributed by atoms with Gasteiger partial charge in [0.1, 0.15) is 0 Å². The van der Waals surface area contributed by atoms with Crippen LogP contribution < -0.4 is 4.46 Å². The van der Waals surface area contributed by atoms with E-state index in [-0.39, 0.29) is 27.0 Å². The zero-order valence-corrected chi connectivity index (χ0v) is 16.4. The van der Waals surface area contributed by atoms with Crippen LogP contribution in [0.2, 0.25) is 4.31 Å². The van der Waals surface area contributed by atoms with Crippen molar-refractivity contribution in [2.24, 2.45) is 0 Å². The fourth-order valence-corrected chi connectivity index (χ4v) is 4.73. The SMILES string of the molecule is CC(C)(C)OC(=O)C(C)([Se]c1ccccc1)[C@H]1COC(C)(C)O1. The summed E-state index contributed by atoms with van der Waals surface area (Å²) in [6.45, 7) is 11.7. The molecule has 0 saturated carbocycles. The van der Waals surface area contributed by atoms with Crippen molar-refractivity contribution in [2.75, 3.05) is 6.61 Å². The zero-order valence-electron chi connectivity index (χ0n) is 14.7. The second kappa shape index (κ2) is 6.56. The Morgan fingerprint density at radius 1 is 1.22 bits per heavy atom. The van der Waals surface area contributed by atoms with E-state index in [4.69, 9.17) is 14.2 Å². The van der Waals surface area contributed by atoms with Crippen molar-refractivity contribution in [1.29, 1.82) is 0 Å². The molecule has 128 valence electrons. The molecular formula is C18H26O4Se. The normalized spacial score (nSPS) is 23.3. The van der Waals surface area contributed by atoms with Crippen LogP contribution in [0.25, 0.3) is 0 Å². The van der Waals surface area contributed by atoms with Crippen LogP contribution in [0, 0.1) is 0 Å². The Morgan fingerprint density at radius 3 is 2.30 bits per heavy atom. The molecule has 2 atom stereocenters. The van der Waals surface area contributed by atoms with E-state index in [9.17, 15) is 4.79 Å². The quantitative estimate of drug-likeness (QED) is 0.591. The summed E-state index contributed by atoms with van der Waals surface area (Å²) in [7, 11) is 0. The Morgan fingerprint density at radius 2 is 1.83 bits per heavy atom. The van der Waals surface area contributed by atoms with Crippen molar-refractivity contribution in [2.45, 2.75) is 63.3 Å². The van der Waals surface area contributed by atoms with Crippen molar-refractivity contribution in [3.63, 3.8) is 0 Å². The van der Waals surface area contributed by atoms with E-state index < -0.39 is 15.7 Å². The Labute approximate surface area is 145 Å². The molecule has 0 aromatic heterocycles. The third kappa shape index (κ3) is 4.80. The van der Waals surface area contributed by atoms with Crippen molar-refractivity contribution in [1.82, 2.24) is 0 Å². The van der Waals surface area contributed by atoms with Gasteiger partial charge in [-0.3, -0.25) is 0 Å². The van der Waals surface area contributed by atoms with Gasteiger partial charge in [-0.15, -0.1) is 0 Å². The summed E-state index contributed by atoms with van der Waals surface area (Å²) in [4.78, 5) is 12.9. The standard InChI is InChI=1S/C18H26O4Se/c1-16(2,3)22-15(19)18(6,14-12-20-17(4,5)21-14)23-13-10-8-7-9-11-13/h7-11,14H,12H2,1-6H3/t14-,18?/m1/s1. The first-order valence-corrected chi connectivity index (χ1v) is 9.52. The monoisotopic (exact) mass is 386 g/mol. The number of hydrogen-bond acceptors (Lipinski definition) is 4. The minimum absolute atomic E-state index is 0.134. The molecule has 0 spiro atoms. The van der Waals surface area contributed by atoms with Crippen LogP contribution in [0.4, 0.5) is 0 Å². The van der Waals surface area contributed by atoms with Gasteiger partial charge < -0.3 is 0 Å². The predicted octanol–water partition coefficient (Wildman–Crippen LogP) is 2.69. The first-order chi connectivity index (χ1) is 10.5. The molecular weight excluding hydrogens is 359 g/mol. The van der Waals surface area contributed by atoms with Gasteiger partial charge in [-0.2, -0.15) is 0 Å². The van der Waals surface area contributed by atoms with E-state index in [0.29, 0.717) is 6.61 Å². The van der Waals surface area contributed by atoms with E-state index in [0.717, 1.165) is 4.46 Å². The summed E-state index contributed by atoms with van der Waals surface area (Å²) in [5.41, 5.74) is -0.528. The number of rotatable bonds is 4. The van der Waals surface area contributed by atoms with E-state index >= 15 is 0 Å². The Balaban J connectivity index is 2.28.